The van der Waals surface area contributed by atoms with Crippen molar-refractivity contribution >= 4 is 15.9 Å². The van der Waals surface area contributed by atoms with E-state index in [1.54, 1.807) is 7.11 Å². The Labute approximate surface area is 135 Å². The lowest BCUT2D eigenvalue weighted by molar-refractivity contribution is -0.122. The highest BCUT2D eigenvalue weighted by Crippen LogP contribution is 2.05. The molecule has 0 fully saturated rings. The van der Waals surface area contributed by atoms with Crippen LogP contribution in [0.3, 0.4) is 0 Å². The van der Waals surface area contributed by atoms with Crippen LogP contribution in [0.2, 0.25) is 0 Å². The highest BCUT2D eigenvalue weighted by atomic mass is 32.2. The van der Waals surface area contributed by atoms with Crippen LogP contribution in [0.25, 0.3) is 0 Å². The molecule has 0 heterocycles. The maximum Gasteiger partial charge on any atom is 0.234 e. The Morgan fingerprint density at radius 3 is 2.36 bits per heavy atom. The zero-order chi connectivity index (χ0) is 17.2. The normalized spacial score (nSPS) is 12.4. The number of sulfonamides is 1. The summed E-state index contributed by atoms with van der Waals surface area (Å²) < 4.78 is 29.6. The fourth-order valence-corrected chi connectivity index (χ4v) is 3.36. The van der Waals surface area contributed by atoms with Crippen LogP contribution in [-0.2, 0) is 19.6 Å². The monoisotopic (exact) mass is 337 g/mol. The van der Waals surface area contributed by atoms with Crippen LogP contribution in [0.15, 0.2) is 0 Å². The summed E-state index contributed by atoms with van der Waals surface area (Å²) in [6, 6.07) is -0.0716. The van der Waals surface area contributed by atoms with Gasteiger partial charge in [-0.3, -0.25) is 9.69 Å². The molecule has 0 rings (SSSR count). The molecule has 132 valence electrons. The number of hydrogen-bond acceptors (Lipinski definition) is 5. The van der Waals surface area contributed by atoms with Crippen molar-refractivity contribution in [2.75, 3.05) is 53.2 Å². The Hall–Kier alpha value is -0.700. The van der Waals surface area contributed by atoms with Gasteiger partial charge >= 0.3 is 0 Å². The topological polar surface area (TPSA) is 79.0 Å². The van der Waals surface area contributed by atoms with Crippen molar-refractivity contribution in [3.05, 3.63) is 0 Å². The van der Waals surface area contributed by atoms with Gasteiger partial charge < -0.3 is 10.1 Å². The minimum absolute atomic E-state index is 0.0460. The molecule has 0 saturated heterocycles. The fourth-order valence-electron chi connectivity index (χ4n) is 2.13. The summed E-state index contributed by atoms with van der Waals surface area (Å²) in [6.45, 7) is 6.40. The van der Waals surface area contributed by atoms with E-state index in [2.05, 4.69) is 5.32 Å². The third kappa shape index (κ3) is 10.1. The van der Waals surface area contributed by atoms with Crippen molar-refractivity contribution in [3.63, 3.8) is 0 Å². The summed E-state index contributed by atoms with van der Waals surface area (Å²) in [6.07, 6.45) is 2.70. The molecule has 0 unspecified atom stereocenters. The molecule has 0 atom stereocenters. The first kappa shape index (κ1) is 21.3. The second-order valence-corrected chi connectivity index (χ2v) is 7.69. The molecule has 0 spiro atoms. The summed E-state index contributed by atoms with van der Waals surface area (Å²) in [7, 11) is 0.349. The Balaban J connectivity index is 3.93. The van der Waals surface area contributed by atoms with Gasteiger partial charge in [0.1, 0.15) is 0 Å². The number of rotatable bonds is 12. The molecule has 0 aliphatic rings. The lowest BCUT2D eigenvalue weighted by Gasteiger charge is -2.24. The number of nitrogens with one attached hydrogen (secondary N) is 1. The summed E-state index contributed by atoms with van der Waals surface area (Å²) in [4.78, 5) is 13.7. The molecule has 0 aromatic heterocycles. The number of methoxy groups -OCH3 is 1. The van der Waals surface area contributed by atoms with E-state index in [0.717, 1.165) is 13.0 Å². The van der Waals surface area contributed by atoms with Gasteiger partial charge in [0.15, 0.2) is 0 Å². The molecule has 0 bridgehead atoms. The van der Waals surface area contributed by atoms with E-state index >= 15 is 0 Å². The van der Waals surface area contributed by atoms with Crippen LogP contribution in [0.1, 0.15) is 26.7 Å². The smallest absolute Gasteiger partial charge is 0.234 e. The van der Waals surface area contributed by atoms with E-state index in [1.165, 1.54) is 10.6 Å². The van der Waals surface area contributed by atoms with Crippen molar-refractivity contribution in [1.29, 1.82) is 0 Å². The molecule has 22 heavy (non-hydrogen) atoms. The van der Waals surface area contributed by atoms with Gasteiger partial charge in [-0.1, -0.05) is 0 Å². The Bertz CT molecular complexity index is 412. The van der Waals surface area contributed by atoms with Crippen LogP contribution >= 0.6 is 0 Å². The molecule has 0 aromatic rings. The summed E-state index contributed by atoms with van der Waals surface area (Å²) in [5, 5.41) is 2.82. The molecule has 0 aromatic carbocycles. The van der Waals surface area contributed by atoms with Gasteiger partial charge in [-0.15, -0.1) is 0 Å². The Morgan fingerprint density at radius 2 is 1.86 bits per heavy atom. The molecule has 8 heteroatoms. The van der Waals surface area contributed by atoms with E-state index in [0.29, 0.717) is 32.7 Å². The number of carbonyl (C=O) groups is 1. The zero-order valence-electron chi connectivity index (χ0n) is 14.5. The quantitative estimate of drug-likeness (QED) is 0.512. The number of amides is 1. The molecular formula is C14H31N3O4S. The average molecular weight is 337 g/mol. The van der Waals surface area contributed by atoms with E-state index in [9.17, 15) is 13.2 Å². The summed E-state index contributed by atoms with van der Waals surface area (Å²) in [5.41, 5.74) is 0. The van der Waals surface area contributed by atoms with Gasteiger partial charge in [0, 0.05) is 39.4 Å². The van der Waals surface area contributed by atoms with Crippen molar-refractivity contribution in [2.24, 2.45) is 0 Å². The third-order valence-electron chi connectivity index (χ3n) is 3.18. The molecule has 0 saturated carbocycles. The lowest BCUT2D eigenvalue weighted by Crippen LogP contribution is -2.40. The predicted octanol–water partition coefficient (Wildman–Crippen LogP) is 0.131. The van der Waals surface area contributed by atoms with Crippen molar-refractivity contribution in [1.82, 2.24) is 14.5 Å². The van der Waals surface area contributed by atoms with Crippen molar-refractivity contribution in [2.45, 2.75) is 32.7 Å². The predicted molar refractivity (Wildman–Crippen MR) is 88.3 cm³/mol. The molecule has 0 radical (unpaired) electrons. The lowest BCUT2D eigenvalue weighted by atomic mass is 10.3. The highest BCUT2D eigenvalue weighted by molar-refractivity contribution is 7.88. The maximum absolute atomic E-state index is 11.7. The van der Waals surface area contributed by atoms with E-state index in [-0.39, 0.29) is 11.9 Å². The van der Waals surface area contributed by atoms with Crippen LogP contribution < -0.4 is 5.32 Å². The first-order valence-electron chi connectivity index (χ1n) is 7.59. The molecular weight excluding hydrogens is 306 g/mol. The highest BCUT2D eigenvalue weighted by Gasteiger charge is 2.19. The van der Waals surface area contributed by atoms with Gasteiger partial charge in [-0.05, 0) is 33.7 Å². The minimum Gasteiger partial charge on any atom is -0.385 e. The van der Waals surface area contributed by atoms with Gasteiger partial charge in [-0.2, -0.15) is 4.31 Å². The average Bonchev–Trinajstić information content (AvgIpc) is 2.36. The zero-order valence-corrected chi connectivity index (χ0v) is 15.3. The largest absolute Gasteiger partial charge is 0.385 e. The SMILES string of the molecule is COCCCN(C)CC(=O)NCCCN(C(C)C)S(C)(=O)=O. The molecule has 1 N–H and O–H groups in total. The van der Waals surface area contributed by atoms with Crippen molar-refractivity contribution < 1.29 is 17.9 Å². The first-order chi connectivity index (χ1) is 10.2. The summed E-state index contributed by atoms with van der Waals surface area (Å²) in [5.74, 6) is -0.0460. The van der Waals surface area contributed by atoms with E-state index in [4.69, 9.17) is 4.74 Å². The first-order valence-corrected chi connectivity index (χ1v) is 9.44. The second kappa shape index (κ2) is 10.9. The third-order valence-corrected chi connectivity index (χ3v) is 4.64. The van der Waals surface area contributed by atoms with E-state index in [1.807, 2.05) is 25.8 Å². The number of nitrogens with zero attached hydrogens (tertiary/aromatic N) is 2. The van der Waals surface area contributed by atoms with Crippen molar-refractivity contribution in [3.8, 4) is 0 Å². The number of likely N-dealkylation sites (N-methyl/N-ethyl adjacent to an activating group) is 1. The van der Waals surface area contributed by atoms with E-state index < -0.39 is 10.0 Å². The minimum atomic E-state index is -3.20. The standard InChI is InChI=1S/C14H31N3O4S/c1-13(2)17(22(5,19)20)10-6-8-15-14(18)12-16(3)9-7-11-21-4/h13H,6-12H2,1-5H3,(H,15,18). The van der Waals surface area contributed by atoms with Crippen LogP contribution in [0.5, 0.6) is 0 Å². The molecule has 0 aliphatic heterocycles. The second-order valence-electron chi connectivity index (χ2n) is 5.76. The molecule has 7 nitrogen and oxygen atoms in total. The van der Waals surface area contributed by atoms with Crippen LogP contribution in [0, 0.1) is 0 Å². The maximum atomic E-state index is 11.7. The molecule has 1 amide bonds. The van der Waals surface area contributed by atoms with Crippen LogP contribution in [0.4, 0.5) is 0 Å². The van der Waals surface area contributed by atoms with Gasteiger partial charge in [0.05, 0.1) is 12.8 Å². The van der Waals surface area contributed by atoms with Gasteiger partial charge in [-0.25, -0.2) is 8.42 Å². The Morgan fingerprint density at radius 1 is 1.23 bits per heavy atom. The van der Waals surface area contributed by atoms with Crippen LogP contribution in [-0.4, -0.2) is 82.8 Å². The fraction of sp³-hybridized carbons (Fsp3) is 0.929. The molecule has 0 aliphatic carbocycles. The number of hydrogen-bond donors (Lipinski definition) is 1. The Kier molecular flexibility index (Phi) is 10.6. The summed E-state index contributed by atoms with van der Waals surface area (Å²) >= 11 is 0. The number of carbonyl (C=O) groups excluding carboxylic acids is 1. The number of ether oxygens (including phenoxy) is 1. The van der Waals surface area contributed by atoms with Gasteiger partial charge in [0.2, 0.25) is 15.9 Å². The van der Waals surface area contributed by atoms with Gasteiger partial charge in [0.25, 0.3) is 0 Å².